The van der Waals surface area contributed by atoms with Gasteiger partial charge in [-0.1, -0.05) is 17.7 Å². The van der Waals surface area contributed by atoms with E-state index in [0.29, 0.717) is 6.54 Å². The molecular weight excluding hydrogens is 188 g/mol. The molecule has 2 N–H and O–H groups in total. The SMILES string of the molecule is CNCCNC(=O)c1ccc(C)cc1C. The third-order valence-corrected chi connectivity index (χ3v) is 2.29. The first-order valence-electron chi connectivity index (χ1n) is 5.15. The molecule has 15 heavy (non-hydrogen) atoms. The molecule has 3 nitrogen and oxygen atoms in total. The lowest BCUT2D eigenvalue weighted by Gasteiger charge is -2.07. The number of carbonyl (C=O) groups excluding carboxylic acids is 1. The first-order chi connectivity index (χ1) is 7.15. The van der Waals surface area contributed by atoms with Crippen LogP contribution in [0.4, 0.5) is 0 Å². The number of likely N-dealkylation sites (N-methyl/N-ethyl adjacent to an activating group) is 1. The zero-order valence-electron chi connectivity index (χ0n) is 9.55. The summed E-state index contributed by atoms with van der Waals surface area (Å²) in [6, 6.07) is 5.85. The summed E-state index contributed by atoms with van der Waals surface area (Å²) < 4.78 is 0. The van der Waals surface area contributed by atoms with Crippen LogP contribution in [0.15, 0.2) is 18.2 Å². The Morgan fingerprint density at radius 3 is 2.60 bits per heavy atom. The van der Waals surface area contributed by atoms with Crippen molar-refractivity contribution in [3.63, 3.8) is 0 Å². The lowest BCUT2D eigenvalue weighted by molar-refractivity contribution is 0.0953. The van der Waals surface area contributed by atoms with Gasteiger partial charge in [0.2, 0.25) is 0 Å². The van der Waals surface area contributed by atoms with Gasteiger partial charge in [0.25, 0.3) is 5.91 Å². The normalized spacial score (nSPS) is 10.1. The summed E-state index contributed by atoms with van der Waals surface area (Å²) in [5.74, 6) is 0.00255. The molecule has 0 heterocycles. The summed E-state index contributed by atoms with van der Waals surface area (Å²) in [4.78, 5) is 11.7. The van der Waals surface area contributed by atoms with Crippen molar-refractivity contribution in [1.82, 2.24) is 10.6 Å². The van der Waals surface area contributed by atoms with Crippen molar-refractivity contribution >= 4 is 5.91 Å². The highest BCUT2D eigenvalue weighted by Crippen LogP contribution is 2.09. The Labute approximate surface area is 90.9 Å². The van der Waals surface area contributed by atoms with E-state index in [0.717, 1.165) is 17.7 Å². The third kappa shape index (κ3) is 3.36. The smallest absolute Gasteiger partial charge is 0.251 e. The fourth-order valence-electron chi connectivity index (χ4n) is 1.46. The molecule has 0 aliphatic rings. The number of amides is 1. The summed E-state index contributed by atoms with van der Waals surface area (Å²) in [7, 11) is 1.86. The Morgan fingerprint density at radius 2 is 2.00 bits per heavy atom. The predicted octanol–water partition coefficient (Wildman–Crippen LogP) is 1.25. The van der Waals surface area contributed by atoms with E-state index in [9.17, 15) is 4.79 Å². The standard InChI is InChI=1S/C12H18N2O/c1-9-4-5-11(10(2)8-9)12(15)14-7-6-13-3/h4-5,8,13H,6-7H2,1-3H3,(H,14,15). The average Bonchev–Trinajstić information content (AvgIpc) is 2.17. The molecule has 3 heteroatoms. The summed E-state index contributed by atoms with van der Waals surface area (Å²) in [6.45, 7) is 5.43. The maximum Gasteiger partial charge on any atom is 0.251 e. The van der Waals surface area contributed by atoms with Gasteiger partial charge < -0.3 is 10.6 Å². The van der Waals surface area contributed by atoms with Crippen LogP contribution < -0.4 is 10.6 Å². The van der Waals surface area contributed by atoms with E-state index in [1.807, 2.05) is 39.1 Å². The van der Waals surface area contributed by atoms with Crippen molar-refractivity contribution in [2.45, 2.75) is 13.8 Å². The zero-order valence-corrected chi connectivity index (χ0v) is 9.55. The molecule has 0 radical (unpaired) electrons. The largest absolute Gasteiger partial charge is 0.351 e. The maximum absolute atomic E-state index is 11.7. The molecule has 0 aromatic heterocycles. The van der Waals surface area contributed by atoms with Crippen LogP contribution in [0.3, 0.4) is 0 Å². The second-order valence-corrected chi connectivity index (χ2v) is 3.68. The summed E-state index contributed by atoms with van der Waals surface area (Å²) in [5, 5.41) is 5.84. The Kier molecular flexibility index (Phi) is 4.31. The van der Waals surface area contributed by atoms with Crippen LogP contribution in [0, 0.1) is 13.8 Å². The molecule has 0 bridgehead atoms. The number of hydrogen-bond acceptors (Lipinski definition) is 2. The van der Waals surface area contributed by atoms with Crippen LogP contribution in [0.5, 0.6) is 0 Å². The molecule has 0 unspecified atom stereocenters. The fraction of sp³-hybridized carbons (Fsp3) is 0.417. The van der Waals surface area contributed by atoms with Gasteiger partial charge in [-0.2, -0.15) is 0 Å². The molecule has 0 aliphatic carbocycles. The van der Waals surface area contributed by atoms with Crippen LogP contribution in [0.1, 0.15) is 21.5 Å². The molecule has 1 rings (SSSR count). The van der Waals surface area contributed by atoms with Gasteiger partial charge in [0.15, 0.2) is 0 Å². The van der Waals surface area contributed by atoms with E-state index in [4.69, 9.17) is 0 Å². The highest BCUT2D eigenvalue weighted by molar-refractivity contribution is 5.95. The summed E-state index contributed by atoms with van der Waals surface area (Å²) in [5.41, 5.74) is 2.97. The first-order valence-corrected chi connectivity index (χ1v) is 5.15. The van der Waals surface area contributed by atoms with Crippen LogP contribution in [-0.2, 0) is 0 Å². The summed E-state index contributed by atoms with van der Waals surface area (Å²) >= 11 is 0. The second-order valence-electron chi connectivity index (χ2n) is 3.68. The van der Waals surface area contributed by atoms with Crippen LogP contribution >= 0.6 is 0 Å². The van der Waals surface area contributed by atoms with Crippen molar-refractivity contribution in [2.24, 2.45) is 0 Å². The van der Waals surface area contributed by atoms with Gasteiger partial charge in [-0.3, -0.25) is 4.79 Å². The molecule has 0 saturated heterocycles. The topological polar surface area (TPSA) is 41.1 Å². The number of benzene rings is 1. The number of nitrogens with one attached hydrogen (secondary N) is 2. The third-order valence-electron chi connectivity index (χ3n) is 2.29. The Balaban J connectivity index is 2.65. The second kappa shape index (κ2) is 5.51. The highest BCUT2D eigenvalue weighted by Gasteiger charge is 2.07. The fourth-order valence-corrected chi connectivity index (χ4v) is 1.46. The Hall–Kier alpha value is -1.35. The first kappa shape index (κ1) is 11.7. The van der Waals surface area contributed by atoms with Crippen molar-refractivity contribution in [3.8, 4) is 0 Å². The minimum Gasteiger partial charge on any atom is -0.351 e. The Morgan fingerprint density at radius 1 is 1.27 bits per heavy atom. The quantitative estimate of drug-likeness (QED) is 0.728. The molecule has 0 atom stereocenters. The molecule has 0 saturated carbocycles. The van der Waals surface area contributed by atoms with Gasteiger partial charge in [-0.05, 0) is 32.5 Å². The lowest BCUT2D eigenvalue weighted by Crippen LogP contribution is -2.30. The highest BCUT2D eigenvalue weighted by atomic mass is 16.1. The van der Waals surface area contributed by atoms with E-state index in [-0.39, 0.29) is 5.91 Å². The maximum atomic E-state index is 11.7. The molecule has 82 valence electrons. The predicted molar refractivity (Wildman–Crippen MR) is 62.2 cm³/mol. The van der Waals surface area contributed by atoms with Gasteiger partial charge in [-0.25, -0.2) is 0 Å². The monoisotopic (exact) mass is 206 g/mol. The van der Waals surface area contributed by atoms with E-state index in [2.05, 4.69) is 10.6 Å². The minimum atomic E-state index is 0.00255. The van der Waals surface area contributed by atoms with Gasteiger partial charge in [-0.15, -0.1) is 0 Å². The minimum absolute atomic E-state index is 0.00255. The van der Waals surface area contributed by atoms with Crippen molar-refractivity contribution < 1.29 is 4.79 Å². The van der Waals surface area contributed by atoms with Gasteiger partial charge in [0.1, 0.15) is 0 Å². The van der Waals surface area contributed by atoms with E-state index in [1.165, 1.54) is 5.56 Å². The molecule has 0 fully saturated rings. The van der Waals surface area contributed by atoms with Gasteiger partial charge in [0, 0.05) is 18.7 Å². The number of aryl methyl sites for hydroxylation is 2. The number of carbonyl (C=O) groups is 1. The van der Waals surface area contributed by atoms with Crippen molar-refractivity contribution in [2.75, 3.05) is 20.1 Å². The van der Waals surface area contributed by atoms with Crippen molar-refractivity contribution in [1.29, 1.82) is 0 Å². The van der Waals surface area contributed by atoms with Gasteiger partial charge >= 0.3 is 0 Å². The molecule has 1 aromatic rings. The van der Waals surface area contributed by atoms with Gasteiger partial charge in [0.05, 0.1) is 0 Å². The number of rotatable bonds is 4. The van der Waals surface area contributed by atoms with Crippen molar-refractivity contribution in [3.05, 3.63) is 34.9 Å². The molecule has 1 aromatic carbocycles. The molecular formula is C12H18N2O. The average molecular weight is 206 g/mol. The molecule has 1 amide bonds. The zero-order chi connectivity index (χ0) is 11.3. The van der Waals surface area contributed by atoms with Crippen LogP contribution in [0.2, 0.25) is 0 Å². The molecule has 0 spiro atoms. The van der Waals surface area contributed by atoms with E-state index >= 15 is 0 Å². The number of hydrogen-bond donors (Lipinski definition) is 2. The Bertz CT molecular complexity index is 347. The van der Waals surface area contributed by atoms with E-state index in [1.54, 1.807) is 0 Å². The molecule has 0 aliphatic heterocycles. The van der Waals surface area contributed by atoms with E-state index < -0.39 is 0 Å². The summed E-state index contributed by atoms with van der Waals surface area (Å²) in [6.07, 6.45) is 0. The van der Waals surface area contributed by atoms with Crippen LogP contribution in [-0.4, -0.2) is 26.0 Å². The lowest BCUT2D eigenvalue weighted by atomic mass is 10.1. The van der Waals surface area contributed by atoms with Crippen LogP contribution in [0.25, 0.3) is 0 Å².